The second-order valence-electron chi connectivity index (χ2n) is 6.37. The summed E-state index contributed by atoms with van der Waals surface area (Å²) in [5.41, 5.74) is 0.118. The van der Waals surface area contributed by atoms with Crippen LogP contribution in [0, 0.1) is 17.3 Å². The zero-order valence-corrected chi connectivity index (χ0v) is 12.2. The van der Waals surface area contributed by atoms with Crippen LogP contribution in [0.3, 0.4) is 0 Å². The first kappa shape index (κ1) is 15.1. The summed E-state index contributed by atoms with van der Waals surface area (Å²) < 4.78 is 5.34. The summed E-state index contributed by atoms with van der Waals surface area (Å²) >= 11 is 0. The van der Waals surface area contributed by atoms with Crippen LogP contribution in [-0.2, 0) is 9.53 Å². The maximum Gasteiger partial charge on any atom is 0.317 e. The lowest BCUT2D eigenvalue weighted by molar-refractivity contribution is -0.144. The third-order valence-electron chi connectivity index (χ3n) is 4.66. The molecule has 6 heteroatoms. The van der Waals surface area contributed by atoms with E-state index in [2.05, 4.69) is 12.2 Å². The molecule has 2 aliphatic rings. The van der Waals surface area contributed by atoms with Gasteiger partial charge in [-0.05, 0) is 18.3 Å². The molecule has 2 rings (SSSR count). The van der Waals surface area contributed by atoms with Crippen LogP contribution in [0.15, 0.2) is 0 Å². The summed E-state index contributed by atoms with van der Waals surface area (Å²) in [5.74, 6) is -1.09. The van der Waals surface area contributed by atoms with Gasteiger partial charge in [0.15, 0.2) is 0 Å². The molecule has 2 N–H and O–H groups in total. The molecule has 0 aromatic heterocycles. The molecule has 1 unspecified atom stereocenters. The average Bonchev–Trinajstić information content (AvgIpc) is 2.35. The van der Waals surface area contributed by atoms with Crippen molar-refractivity contribution in [2.75, 3.05) is 32.8 Å². The first-order valence-corrected chi connectivity index (χ1v) is 7.25. The number of carboxylic acids is 1. The molecule has 0 spiro atoms. The summed E-state index contributed by atoms with van der Waals surface area (Å²) in [5, 5.41) is 11.9. The number of ether oxygens (including phenoxy) is 1. The minimum absolute atomic E-state index is 0.0773. The molecule has 114 valence electrons. The Morgan fingerprint density at radius 3 is 2.55 bits per heavy atom. The third kappa shape index (κ3) is 3.42. The van der Waals surface area contributed by atoms with E-state index >= 15 is 0 Å². The monoisotopic (exact) mass is 284 g/mol. The van der Waals surface area contributed by atoms with Crippen LogP contribution in [0.1, 0.15) is 26.7 Å². The van der Waals surface area contributed by atoms with E-state index in [-0.39, 0.29) is 23.3 Å². The number of urea groups is 1. The molecule has 0 saturated carbocycles. The maximum absolute atomic E-state index is 12.0. The van der Waals surface area contributed by atoms with Gasteiger partial charge in [-0.25, -0.2) is 4.79 Å². The lowest BCUT2D eigenvalue weighted by Crippen LogP contribution is -2.57. The smallest absolute Gasteiger partial charge is 0.317 e. The first-order valence-electron chi connectivity index (χ1n) is 7.25. The topological polar surface area (TPSA) is 78.9 Å². The number of rotatable bonds is 4. The standard InChI is InChI=1S/C14H24N2O4/c1-10(12(17)18)11-7-16(8-11)13(19)15-9-14(2)3-5-20-6-4-14/h10-11H,3-9H2,1-2H3,(H,15,19)(H,17,18). The van der Waals surface area contributed by atoms with Gasteiger partial charge in [0.05, 0.1) is 5.92 Å². The van der Waals surface area contributed by atoms with Crippen molar-refractivity contribution in [2.45, 2.75) is 26.7 Å². The van der Waals surface area contributed by atoms with Crippen molar-refractivity contribution in [3.8, 4) is 0 Å². The van der Waals surface area contributed by atoms with Gasteiger partial charge in [0.25, 0.3) is 0 Å². The van der Waals surface area contributed by atoms with Crippen LogP contribution in [-0.4, -0.2) is 54.9 Å². The number of carbonyl (C=O) groups excluding carboxylic acids is 1. The Bertz CT molecular complexity index is 373. The Kier molecular flexibility index (Phi) is 4.52. The molecule has 0 bridgehead atoms. The van der Waals surface area contributed by atoms with Gasteiger partial charge in [-0.3, -0.25) is 4.79 Å². The van der Waals surface area contributed by atoms with Crippen molar-refractivity contribution in [1.29, 1.82) is 0 Å². The van der Waals surface area contributed by atoms with E-state index in [1.807, 2.05) is 0 Å². The van der Waals surface area contributed by atoms with Crippen molar-refractivity contribution in [3.05, 3.63) is 0 Å². The van der Waals surface area contributed by atoms with Gasteiger partial charge in [-0.2, -0.15) is 0 Å². The Morgan fingerprint density at radius 2 is 2.00 bits per heavy atom. The molecule has 0 aromatic carbocycles. The van der Waals surface area contributed by atoms with Crippen LogP contribution in [0.25, 0.3) is 0 Å². The van der Waals surface area contributed by atoms with E-state index < -0.39 is 5.97 Å². The van der Waals surface area contributed by atoms with E-state index in [1.165, 1.54) is 0 Å². The second kappa shape index (κ2) is 5.99. The van der Waals surface area contributed by atoms with Crippen molar-refractivity contribution in [3.63, 3.8) is 0 Å². The molecule has 0 aromatic rings. The number of hydrogen-bond acceptors (Lipinski definition) is 3. The van der Waals surface area contributed by atoms with Gasteiger partial charge < -0.3 is 20.1 Å². The molecule has 6 nitrogen and oxygen atoms in total. The van der Waals surface area contributed by atoms with Crippen LogP contribution in [0.5, 0.6) is 0 Å². The van der Waals surface area contributed by atoms with Gasteiger partial charge in [-0.1, -0.05) is 13.8 Å². The predicted octanol–water partition coefficient (Wildman–Crippen LogP) is 1.17. The lowest BCUT2D eigenvalue weighted by Gasteiger charge is -2.42. The minimum Gasteiger partial charge on any atom is -0.481 e. The fraction of sp³-hybridized carbons (Fsp3) is 0.857. The molecule has 1 atom stereocenters. The molecular weight excluding hydrogens is 260 g/mol. The summed E-state index contributed by atoms with van der Waals surface area (Å²) in [6.07, 6.45) is 1.93. The zero-order chi connectivity index (χ0) is 14.8. The van der Waals surface area contributed by atoms with Crippen molar-refractivity contribution >= 4 is 12.0 Å². The summed E-state index contributed by atoms with van der Waals surface area (Å²) in [6.45, 7) is 7.12. The highest BCUT2D eigenvalue weighted by atomic mass is 16.5. The van der Waals surface area contributed by atoms with E-state index in [0.29, 0.717) is 19.6 Å². The van der Waals surface area contributed by atoms with E-state index in [4.69, 9.17) is 9.84 Å². The molecule has 2 saturated heterocycles. The van der Waals surface area contributed by atoms with Crippen molar-refractivity contribution in [2.24, 2.45) is 17.3 Å². The Labute approximate surface area is 119 Å². The van der Waals surface area contributed by atoms with Crippen LogP contribution in [0.2, 0.25) is 0 Å². The summed E-state index contributed by atoms with van der Waals surface area (Å²) in [7, 11) is 0. The van der Waals surface area contributed by atoms with E-state index in [1.54, 1.807) is 11.8 Å². The maximum atomic E-state index is 12.0. The van der Waals surface area contributed by atoms with Crippen LogP contribution >= 0.6 is 0 Å². The lowest BCUT2D eigenvalue weighted by atomic mass is 9.82. The first-order chi connectivity index (χ1) is 9.41. The average molecular weight is 284 g/mol. The summed E-state index contributed by atoms with van der Waals surface area (Å²) in [6, 6.07) is -0.0773. The number of hydrogen-bond donors (Lipinski definition) is 2. The molecule has 2 heterocycles. The van der Waals surface area contributed by atoms with Crippen molar-refractivity contribution < 1.29 is 19.4 Å². The zero-order valence-electron chi connectivity index (χ0n) is 12.2. The number of amides is 2. The molecular formula is C14H24N2O4. The predicted molar refractivity (Wildman–Crippen MR) is 73.4 cm³/mol. The fourth-order valence-corrected chi connectivity index (χ4v) is 2.64. The van der Waals surface area contributed by atoms with Crippen LogP contribution in [0.4, 0.5) is 4.79 Å². The number of carbonyl (C=O) groups is 2. The highest BCUT2D eigenvalue weighted by molar-refractivity contribution is 5.76. The SMILES string of the molecule is CC(C(=O)O)C1CN(C(=O)NCC2(C)CCOCC2)C1. The van der Waals surface area contributed by atoms with Gasteiger partial charge in [0.1, 0.15) is 0 Å². The molecule has 0 radical (unpaired) electrons. The quantitative estimate of drug-likeness (QED) is 0.812. The molecule has 2 aliphatic heterocycles. The highest BCUT2D eigenvalue weighted by Gasteiger charge is 2.37. The second-order valence-corrected chi connectivity index (χ2v) is 6.37. The molecule has 2 amide bonds. The van der Waals surface area contributed by atoms with Gasteiger partial charge in [-0.15, -0.1) is 0 Å². The number of likely N-dealkylation sites (tertiary alicyclic amines) is 1. The van der Waals surface area contributed by atoms with Gasteiger partial charge >= 0.3 is 12.0 Å². The van der Waals surface area contributed by atoms with Gasteiger partial charge in [0.2, 0.25) is 0 Å². The molecule has 20 heavy (non-hydrogen) atoms. The normalized spacial score (nSPS) is 23.8. The summed E-state index contributed by atoms with van der Waals surface area (Å²) in [4.78, 5) is 24.5. The van der Waals surface area contributed by atoms with Crippen LogP contribution < -0.4 is 5.32 Å². The number of carboxylic acid groups (broad SMARTS) is 1. The number of nitrogens with zero attached hydrogens (tertiary/aromatic N) is 1. The third-order valence-corrected chi connectivity index (χ3v) is 4.66. The largest absolute Gasteiger partial charge is 0.481 e. The molecule has 0 aliphatic carbocycles. The Morgan fingerprint density at radius 1 is 1.40 bits per heavy atom. The number of aliphatic carboxylic acids is 1. The number of nitrogens with one attached hydrogen (secondary N) is 1. The highest BCUT2D eigenvalue weighted by Crippen LogP contribution is 2.29. The van der Waals surface area contributed by atoms with Crippen molar-refractivity contribution in [1.82, 2.24) is 10.2 Å². The molecule has 2 fully saturated rings. The minimum atomic E-state index is -0.787. The van der Waals surface area contributed by atoms with E-state index in [9.17, 15) is 9.59 Å². The Balaban J connectivity index is 1.70. The van der Waals surface area contributed by atoms with E-state index in [0.717, 1.165) is 26.1 Å². The Hall–Kier alpha value is -1.30. The van der Waals surface area contributed by atoms with Gasteiger partial charge in [0, 0.05) is 38.8 Å². The fourth-order valence-electron chi connectivity index (χ4n) is 2.64.